The molecule has 1 fully saturated rings. The molecule has 2 rings (SSSR count). The van der Waals surface area contributed by atoms with Crippen LogP contribution in [0.25, 0.3) is 0 Å². The molecule has 7 heteroatoms. The van der Waals surface area contributed by atoms with Crippen LogP contribution < -0.4 is 10.5 Å². The van der Waals surface area contributed by atoms with Gasteiger partial charge in [0.15, 0.2) is 0 Å². The van der Waals surface area contributed by atoms with Crippen LogP contribution in [-0.2, 0) is 16.6 Å². The molecule has 0 aromatic carbocycles. The fraction of sp³-hybridized carbons (Fsp3) is 0.643. The van der Waals surface area contributed by atoms with Crippen LogP contribution in [-0.4, -0.2) is 24.9 Å². The normalized spacial score (nSPS) is 17.4. The Hall–Kier alpha value is -1.34. The molecule has 1 amide bonds. The summed E-state index contributed by atoms with van der Waals surface area (Å²) in [6.45, 7) is 2.37. The van der Waals surface area contributed by atoms with E-state index in [4.69, 9.17) is 5.14 Å². The molecular weight excluding hydrogens is 290 g/mol. The molecule has 1 aromatic rings. The molecular formula is C14H23N3O3S. The summed E-state index contributed by atoms with van der Waals surface area (Å²) >= 11 is 0. The lowest BCUT2D eigenvalue weighted by Crippen LogP contribution is -2.35. The quantitative estimate of drug-likeness (QED) is 0.827. The highest BCUT2D eigenvalue weighted by molar-refractivity contribution is 7.89. The molecule has 0 atom stereocenters. The summed E-state index contributed by atoms with van der Waals surface area (Å²) in [5, 5.41) is 8.15. The first kappa shape index (κ1) is 16.0. The fourth-order valence-corrected chi connectivity index (χ4v) is 3.32. The number of nitrogens with zero attached hydrogens (tertiary/aromatic N) is 1. The number of nitrogens with one attached hydrogen (secondary N) is 1. The van der Waals surface area contributed by atoms with Crippen molar-refractivity contribution in [1.29, 1.82) is 0 Å². The van der Waals surface area contributed by atoms with Gasteiger partial charge in [-0.2, -0.15) is 0 Å². The number of hydrogen-bond acceptors (Lipinski definition) is 3. The third-order valence-electron chi connectivity index (χ3n) is 3.96. The zero-order chi connectivity index (χ0) is 15.5. The number of aryl methyl sites for hydroxylation is 1. The number of carbonyl (C=O) groups is 1. The summed E-state index contributed by atoms with van der Waals surface area (Å²) in [6, 6.07) is 1.53. The van der Waals surface area contributed by atoms with Crippen molar-refractivity contribution >= 4 is 15.9 Å². The molecule has 0 radical (unpaired) electrons. The Bertz CT molecular complexity index is 599. The molecule has 0 saturated heterocycles. The summed E-state index contributed by atoms with van der Waals surface area (Å²) < 4.78 is 24.4. The predicted molar refractivity (Wildman–Crippen MR) is 80.4 cm³/mol. The lowest BCUT2D eigenvalue weighted by Gasteiger charge is -2.16. The third kappa shape index (κ3) is 4.07. The van der Waals surface area contributed by atoms with Crippen LogP contribution in [0.3, 0.4) is 0 Å². The van der Waals surface area contributed by atoms with E-state index in [1.54, 1.807) is 4.57 Å². The van der Waals surface area contributed by atoms with Crippen molar-refractivity contribution in [3.8, 4) is 0 Å². The maximum Gasteiger partial charge on any atom is 0.268 e. The molecule has 0 bridgehead atoms. The van der Waals surface area contributed by atoms with Crippen molar-refractivity contribution in [2.24, 2.45) is 5.14 Å². The topological polar surface area (TPSA) is 94.2 Å². The van der Waals surface area contributed by atoms with Gasteiger partial charge in [0.2, 0.25) is 10.0 Å². The Morgan fingerprint density at radius 3 is 2.48 bits per heavy atom. The number of nitrogens with two attached hydrogens (primary N) is 1. The van der Waals surface area contributed by atoms with Gasteiger partial charge in [-0.3, -0.25) is 4.79 Å². The summed E-state index contributed by atoms with van der Waals surface area (Å²) in [5.74, 6) is -0.223. The van der Waals surface area contributed by atoms with Crippen molar-refractivity contribution in [3.63, 3.8) is 0 Å². The van der Waals surface area contributed by atoms with Crippen LogP contribution in [0, 0.1) is 0 Å². The third-order valence-corrected chi connectivity index (χ3v) is 4.84. The maximum atomic E-state index is 12.4. The molecule has 1 saturated carbocycles. The standard InChI is InChI=1S/C14H23N3O3S/c1-2-17-10-12(21(15,19)20)9-13(17)14(18)16-11-7-5-3-4-6-8-11/h9-11H,2-8H2,1H3,(H,16,18)(H2,15,19,20). The van der Waals surface area contributed by atoms with E-state index in [2.05, 4.69) is 5.32 Å². The number of primary sulfonamides is 1. The fourth-order valence-electron chi connectivity index (χ4n) is 2.77. The molecule has 1 aromatic heterocycles. The van der Waals surface area contributed by atoms with E-state index in [0.29, 0.717) is 12.2 Å². The lowest BCUT2D eigenvalue weighted by molar-refractivity contribution is 0.0924. The molecule has 21 heavy (non-hydrogen) atoms. The summed E-state index contributed by atoms with van der Waals surface area (Å²) in [7, 11) is -3.79. The largest absolute Gasteiger partial charge is 0.348 e. The van der Waals surface area contributed by atoms with Crippen molar-refractivity contribution in [2.45, 2.75) is 62.9 Å². The molecule has 118 valence electrons. The minimum absolute atomic E-state index is 0.0182. The summed E-state index contributed by atoms with van der Waals surface area (Å²) in [6.07, 6.45) is 8.07. The van der Waals surface area contributed by atoms with E-state index in [1.165, 1.54) is 25.1 Å². The number of aromatic nitrogens is 1. The Kier molecular flexibility index (Phi) is 5.05. The van der Waals surface area contributed by atoms with Gasteiger partial charge in [-0.1, -0.05) is 25.7 Å². The number of amides is 1. The van der Waals surface area contributed by atoms with Gasteiger partial charge in [0.1, 0.15) is 10.6 Å². The Morgan fingerprint density at radius 1 is 1.33 bits per heavy atom. The van der Waals surface area contributed by atoms with Crippen LogP contribution in [0.15, 0.2) is 17.2 Å². The highest BCUT2D eigenvalue weighted by Gasteiger charge is 2.21. The van der Waals surface area contributed by atoms with Gasteiger partial charge in [-0.05, 0) is 25.8 Å². The van der Waals surface area contributed by atoms with Gasteiger partial charge in [0.05, 0.1) is 0 Å². The van der Waals surface area contributed by atoms with E-state index >= 15 is 0 Å². The Labute approximate surface area is 125 Å². The highest BCUT2D eigenvalue weighted by atomic mass is 32.2. The van der Waals surface area contributed by atoms with E-state index in [1.807, 2.05) is 6.92 Å². The minimum atomic E-state index is -3.79. The van der Waals surface area contributed by atoms with Crippen LogP contribution in [0.1, 0.15) is 55.9 Å². The molecule has 6 nitrogen and oxygen atoms in total. The molecule has 0 unspecified atom stereocenters. The molecule has 1 heterocycles. The highest BCUT2D eigenvalue weighted by Crippen LogP contribution is 2.19. The predicted octanol–water partition coefficient (Wildman–Crippen LogP) is 1.61. The van der Waals surface area contributed by atoms with Crippen molar-refractivity contribution in [1.82, 2.24) is 9.88 Å². The Morgan fingerprint density at radius 2 is 1.95 bits per heavy atom. The Balaban J connectivity index is 2.16. The van der Waals surface area contributed by atoms with Crippen molar-refractivity contribution in [2.75, 3.05) is 0 Å². The average molecular weight is 313 g/mol. The van der Waals surface area contributed by atoms with Crippen molar-refractivity contribution < 1.29 is 13.2 Å². The summed E-state index contributed by atoms with van der Waals surface area (Å²) in [4.78, 5) is 12.4. The van der Waals surface area contributed by atoms with Gasteiger partial charge in [0.25, 0.3) is 5.91 Å². The van der Waals surface area contributed by atoms with E-state index in [0.717, 1.165) is 25.7 Å². The molecule has 3 N–H and O–H groups in total. The molecule has 0 spiro atoms. The second-order valence-corrected chi connectivity index (χ2v) is 7.12. The number of carbonyl (C=O) groups excluding carboxylic acids is 1. The monoisotopic (exact) mass is 313 g/mol. The van der Waals surface area contributed by atoms with E-state index in [9.17, 15) is 13.2 Å². The second kappa shape index (κ2) is 6.62. The average Bonchev–Trinajstić information content (AvgIpc) is 2.71. The first-order valence-electron chi connectivity index (χ1n) is 7.45. The molecule has 1 aliphatic rings. The zero-order valence-corrected chi connectivity index (χ0v) is 13.2. The van der Waals surface area contributed by atoms with Gasteiger partial charge in [0, 0.05) is 18.8 Å². The first-order valence-corrected chi connectivity index (χ1v) is 9.00. The molecule has 1 aliphatic carbocycles. The number of rotatable bonds is 4. The van der Waals surface area contributed by atoms with Gasteiger partial charge in [-0.25, -0.2) is 13.6 Å². The van der Waals surface area contributed by atoms with Gasteiger partial charge in [-0.15, -0.1) is 0 Å². The van der Waals surface area contributed by atoms with Gasteiger partial charge >= 0.3 is 0 Å². The van der Waals surface area contributed by atoms with Crippen LogP contribution >= 0.6 is 0 Å². The maximum absolute atomic E-state index is 12.4. The first-order chi connectivity index (χ1) is 9.91. The smallest absolute Gasteiger partial charge is 0.268 e. The van der Waals surface area contributed by atoms with E-state index < -0.39 is 10.0 Å². The number of hydrogen-bond donors (Lipinski definition) is 2. The van der Waals surface area contributed by atoms with Crippen LogP contribution in [0.5, 0.6) is 0 Å². The second-order valence-electron chi connectivity index (χ2n) is 5.55. The number of sulfonamides is 1. The minimum Gasteiger partial charge on any atom is -0.348 e. The SMILES string of the molecule is CCn1cc(S(N)(=O)=O)cc1C(=O)NC1CCCCCC1. The lowest BCUT2D eigenvalue weighted by atomic mass is 10.1. The van der Waals surface area contributed by atoms with Crippen LogP contribution in [0.4, 0.5) is 0 Å². The molecule has 0 aliphatic heterocycles. The summed E-state index contributed by atoms with van der Waals surface area (Å²) in [5.41, 5.74) is 0.353. The van der Waals surface area contributed by atoms with E-state index in [-0.39, 0.29) is 16.8 Å². The van der Waals surface area contributed by atoms with Crippen LogP contribution in [0.2, 0.25) is 0 Å². The van der Waals surface area contributed by atoms with Gasteiger partial charge < -0.3 is 9.88 Å². The van der Waals surface area contributed by atoms with Crippen molar-refractivity contribution in [3.05, 3.63) is 18.0 Å². The zero-order valence-electron chi connectivity index (χ0n) is 12.3.